The first-order chi connectivity index (χ1) is 65.4. The first kappa shape index (κ1) is 78.5. The predicted octanol–water partition coefficient (Wildman–Crippen LogP) is 30.3. The topological polar surface area (TPSA) is 144 Å². The zero-order valence-electron chi connectivity index (χ0n) is 70.7. The number of hydrogen-bond acceptors (Lipinski definition) is 13. The summed E-state index contributed by atoms with van der Waals surface area (Å²) in [6.45, 7) is 0. The van der Waals surface area contributed by atoms with Gasteiger partial charge in [0.25, 0.3) is 0 Å². The second kappa shape index (κ2) is 34.0. The molecule has 0 atom stereocenters. The predicted molar refractivity (Wildman–Crippen MR) is 546 cm³/mol. The minimum atomic E-state index is 0.631. The Bertz CT molecular complexity index is 8350. The average molecular weight is 1750 g/mol. The van der Waals surface area contributed by atoms with Crippen molar-refractivity contribution in [2.75, 3.05) is 0 Å². The van der Waals surface area contributed by atoms with Crippen LogP contribution in [0.2, 0.25) is 0 Å². The maximum absolute atomic E-state index is 5.23. The second-order valence-corrected chi connectivity index (χ2v) is 35.4. The Morgan fingerprint density at radius 3 is 0.909 bits per heavy atom. The van der Waals surface area contributed by atoms with Gasteiger partial charge in [-0.15, -0.1) is 34.0 Å². The lowest BCUT2D eigenvalue weighted by Crippen LogP contribution is -2.04. The molecule has 13 nitrogen and oxygen atoms in total. The summed E-state index contributed by atoms with van der Waals surface area (Å²) in [5.41, 5.74) is 24.6. The molecule has 0 aliphatic carbocycles. The fourth-order valence-electron chi connectivity index (χ4n) is 18.1. The highest BCUT2D eigenvalue weighted by Gasteiger charge is 2.25. The van der Waals surface area contributed by atoms with E-state index in [-0.39, 0.29) is 0 Å². The molecule has 13 aromatic heterocycles. The Kier molecular flexibility index (Phi) is 20.2. The number of aromatic nitrogens is 13. The minimum absolute atomic E-state index is 0.631. The van der Waals surface area contributed by atoms with E-state index in [1.54, 1.807) is 24.8 Å². The number of pyridine rings is 5. The van der Waals surface area contributed by atoms with Crippen LogP contribution >= 0.6 is 34.0 Å². The first-order valence-electron chi connectivity index (χ1n) is 43.6. The first-order valence-corrected chi connectivity index (χ1v) is 46.0. The molecule has 132 heavy (non-hydrogen) atoms. The van der Waals surface area contributed by atoms with E-state index in [0.29, 0.717) is 23.4 Å². The zero-order valence-corrected chi connectivity index (χ0v) is 73.1. The highest BCUT2D eigenvalue weighted by molar-refractivity contribution is 7.24. The van der Waals surface area contributed by atoms with Crippen LogP contribution in [0.1, 0.15) is 0 Å². The van der Waals surface area contributed by atoms with Crippen LogP contribution in [0.4, 0.5) is 0 Å². The molecule has 0 unspecified atom stereocenters. The van der Waals surface area contributed by atoms with Crippen molar-refractivity contribution in [2.45, 2.75) is 0 Å². The Morgan fingerprint density at radius 2 is 0.492 bits per heavy atom. The quantitative estimate of drug-likeness (QED) is 0.103. The van der Waals surface area contributed by atoms with E-state index in [4.69, 9.17) is 29.9 Å². The van der Waals surface area contributed by atoms with Gasteiger partial charge in [-0.2, -0.15) is 0 Å². The van der Waals surface area contributed by atoms with Gasteiger partial charge in [0.05, 0.1) is 50.2 Å². The van der Waals surface area contributed by atoms with Gasteiger partial charge in [-0.1, -0.05) is 249 Å². The van der Waals surface area contributed by atoms with Crippen molar-refractivity contribution < 1.29 is 0 Å². The van der Waals surface area contributed by atoms with Gasteiger partial charge >= 0.3 is 0 Å². The molecule has 0 bridgehead atoms. The fourth-order valence-corrected chi connectivity index (χ4v) is 21.7. The largest absolute Gasteiger partial charge is 0.309 e. The third-order valence-electron chi connectivity index (χ3n) is 24.3. The lowest BCUT2D eigenvalue weighted by atomic mass is 10.0. The fraction of sp³-hybridized carbons (Fsp3) is 0. The van der Waals surface area contributed by atoms with Gasteiger partial charge < -0.3 is 4.57 Å². The number of rotatable bonds is 14. The molecule has 0 aliphatic rings. The van der Waals surface area contributed by atoms with Gasteiger partial charge in [-0.3, -0.25) is 29.1 Å². The van der Waals surface area contributed by atoms with Gasteiger partial charge in [-0.05, 0) is 201 Å². The number of hydrogen-bond donors (Lipinski definition) is 0. The molecular formula is C116H73N13S3. The molecule has 0 aliphatic heterocycles. The monoisotopic (exact) mass is 1740 g/mol. The summed E-state index contributed by atoms with van der Waals surface area (Å²) in [5.74, 6) is 3.44. The molecule has 0 radical (unpaired) electrons. The summed E-state index contributed by atoms with van der Waals surface area (Å²) in [6.07, 6.45) is 14.5. The highest BCUT2D eigenvalue weighted by atomic mass is 32.1. The SMILES string of the molecule is c1ccc(-c2cc3ccc4c(c5ccccc5n4-c4cc(-c5ccncc5)cc(-c5ccncc5)n4)c3s2)cc1.c1ccc(-c2cc3ccc4c(c5ccccc5n4-c4nc(-c5ccncc5)cc(-c5ccncc5)n4)c3s2)cc1.c1ccc(-c2ccc(-c3nc(-c4ccccc4)nc(-c4ccc(-n5c6ccccc6c6c7sc(-c8ccccc8)cc7ccc65)cc4)n3)cc2)cc1. The van der Waals surface area contributed by atoms with Crippen LogP contribution in [-0.2, 0) is 0 Å². The molecule has 0 N–H and O–H groups in total. The number of nitrogens with zero attached hydrogens (tertiary/aromatic N) is 13. The van der Waals surface area contributed by atoms with Crippen LogP contribution in [0.5, 0.6) is 0 Å². The van der Waals surface area contributed by atoms with Crippen molar-refractivity contribution in [3.63, 3.8) is 0 Å². The number of para-hydroxylation sites is 3. The number of thiophene rings is 3. The van der Waals surface area contributed by atoms with Crippen molar-refractivity contribution in [3.05, 3.63) is 444 Å². The smallest absolute Gasteiger partial charge is 0.235 e. The van der Waals surface area contributed by atoms with E-state index in [9.17, 15) is 0 Å². The van der Waals surface area contributed by atoms with Crippen LogP contribution in [0.15, 0.2) is 444 Å². The maximum atomic E-state index is 5.23. The van der Waals surface area contributed by atoms with Gasteiger partial charge in [0.2, 0.25) is 5.95 Å². The summed E-state index contributed by atoms with van der Waals surface area (Å²) in [7, 11) is 0. The van der Waals surface area contributed by atoms with Crippen LogP contribution in [0.25, 0.3) is 235 Å². The lowest BCUT2D eigenvalue weighted by molar-refractivity contribution is 0.995. The van der Waals surface area contributed by atoms with Crippen molar-refractivity contribution in [3.8, 4) is 139 Å². The summed E-state index contributed by atoms with van der Waals surface area (Å²) in [4.78, 5) is 51.1. The van der Waals surface area contributed by atoms with Gasteiger partial charge in [-0.25, -0.2) is 29.9 Å². The van der Waals surface area contributed by atoms with E-state index in [0.717, 1.165) is 101 Å². The Labute approximate surface area is 770 Å². The Balaban J connectivity index is 0.000000111. The van der Waals surface area contributed by atoms with Crippen LogP contribution in [-0.4, -0.2) is 63.5 Å². The van der Waals surface area contributed by atoms with Gasteiger partial charge in [0.1, 0.15) is 5.82 Å². The van der Waals surface area contributed by atoms with E-state index in [1.165, 1.54) is 110 Å². The lowest BCUT2D eigenvalue weighted by Gasteiger charge is -2.12. The minimum Gasteiger partial charge on any atom is -0.309 e. The molecule has 16 heteroatoms. The summed E-state index contributed by atoms with van der Waals surface area (Å²) < 4.78 is 10.8. The van der Waals surface area contributed by atoms with Crippen LogP contribution in [0.3, 0.4) is 0 Å². The molecular weight excluding hydrogens is 1670 g/mol. The third kappa shape index (κ3) is 14.6. The molecule has 26 rings (SSSR count). The summed E-state index contributed by atoms with van der Waals surface area (Å²) >= 11 is 5.56. The molecule has 13 heterocycles. The van der Waals surface area contributed by atoms with Crippen molar-refractivity contribution in [1.29, 1.82) is 0 Å². The maximum Gasteiger partial charge on any atom is 0.235 e. The Hall–Kier alpha value is -17.0. The molecule has 0 fully saturated rings. The zero-order chi connectivity index (χ0) is 87.4. The molecule has 0 saturated heterocycles. The van der Waals surface area contributed by atoms with E-state index in [1.807, 2.05) is 150 Å². The van der Waals surface area contributed by atoms with E-state index < -0.39 is 0 Å². The molecule has 13 aromatic carbocycles. The second-order valence-electron chi connectivity index (χ2n) is 32.3. The number of benzene rings is 13. The molecule has 26 aromatic rings. The average Bonchev–Trinajstić information content (AvgIpc) is 1.58. The molecule has 0 saturated carbocycles. The molecule has 0 amide bonds. The van der Waals surface area contributed by atoms with Crippen molar-refractivity contribution in [1.82, 2.24) is 63.5 Å². The Morgan fingerprint density at radius 1 is 0.189 bits per heavy atom. The standard InChI is InChI=1S/C47H30N4S.C35H22N4S.C34H21N5S/c1-4-12-31(13-5-1)32-20-22-35(23-21-32)46-48-45(34-16-8-3-9-17-34)49-47(50-46)36-24-27-38(28-25-36)51-40-19-11-10-18-39(40)43-41(51)29-26-37-30-42(52-44(37)43)33-14-6-2-7-15-33;1-2-6-25(7-3-1)32-21-26-10-11-31-34(35(26)40-32)28-8-4-5-9-30(28)39(31)33-22-27(23-12-16-36-17-13-23)20-29(38-33)24-14-18-37-19-15-24;1-2-6-24(7-3-1)31-20-25-10-11-30-32(33(25)40-31)26-8-4-5-9-29(26)39(30)34-37-27(22-12-16-35-17-13-22)21-28(38-34)23-14-18-36-19-15-23/h1-30H;1-22H;1-21H. The van der Waals surface area contributed by atoms with Gasteiger partial charge in [0.15, 0.2) is 17.5 Å². The third-order valence-corrected chi connectivity index (χ3v) is 28.0. The normalized spacial score (nSPS) is 11.5. The van der Waals surface area contributed by atoms with Crippen molar-refractivity contribution in [2.24, 2.45) is 0 Å². The number of fused-ring (bicyclic) bond motifs is 15. The van der Waals surface area contributed by atoms with Crippen LogP contribution < -0.4 is 0 Å². The summed E-state index contributed by atoms with van der Waals surface area (Å²) in [5, 5.41) is 11.2. The van der Waals surface area contributed by atoms with E-state index in [2.05, 4.69) is 337 Å². The summed E-state index contributed by atoms with van der Waals surface area (Å²) in [6, 6.07) is 138. The van der Waals surface area contributed by atoms with E-state index >= 15 is 0 Å². The van der Waals surface area contributed by atoms with Gasteiger partial charge in [0, 0.05) is 150 Å². The molecule has 620 valence electrons. The molecule has 0 spiro atoms. The van der Waals surface area contributed by atoms with Crippen molar-refractivity contribution >= 4 is 130 Å². The highest BCUT2D eigenvalue weighted by Crippen LogP contribution is 2.48. The van der Waals surface area contributed by atoms with Crippen LogP contribution in [0, 0.1) is 0 Å².